The molecular weight excluding hydrogens is 486 g/mol. The monoisotopic (exact) mass is 510 g/mol. The van der Waals surface area contributed by atoms with Gasteiger partial charge in [0.25, 0.3) is 0 Å². The van der Waals surface area contributed by atoms with E-state index in [9.17, 15) is 36.4 Å². The first-order valence-electron chi connectivity index (χ1n) is 11.0. The lowest BCUT2D eigenvalue weighted by molar-refractivity contribution is -0.180. The molecule has 6 unspecified atom stereocenters. The van der Waals surface area contributed by atoms with E-state index in [0.717, 1.165) is 12.8 Å². The van der Waals surface area contributed by atoms with Crippen molar-refractivity contribution in [1.82, 2.24) is 0 Å². The summed E-state index contributed by atoms with van der Waals surface area (Å²) < 4.78 is 76.5. The quantitative estimate of drug-likeness (QED) is 0.282. The van der Waals surface area contributed by atoms with Gasteiger partial charge in [0.05, 0.1) is 11.8 Å². The molecule has 0 aromatic carbocycles. The van der Waals surface area contributed by atoms with Crippen LogP contribution in [0.1, 0.15) is 45.4 Å². The van der Waals surface area contributed by atoms with Gasteiger partial charge < -0.3 is 18.9 Å². The molecule has 1 heterocycles. The lowest BCUT2D eigenvalue weighted by Crippen LogP contribution is -2.46. The third kappa shape index (κ3) is 3.93. The Morgan fingerprint density at radius 2 is 1.85 bits per heavy atom. The molecule has 0 amide bonds. The Balaban J connectivity index is 1.42. The van der Waals surface area contributed by atoms with Gasteiger partial charge in [-0.2, -0.15) is 17.2 Å². The highest BCUT2D eigenvalue weighted by molar-refractivity contribution is 7.87. The molecule has 0 aromatic heterocycles. The molecule has 3 aliphatic carbocycles. The average Bonchev–Trinajstić information content (AvgIpc) is 3.49. The van der Waals surface area contributed by atoms with E-state index in [4.69, 9.17) is 18.8 Å². The van der Waals surface area contributed by atoms with Crippen LogP contribution in [0.15, 0.2) is 0 Å². The number of carbonyl (C=O) groups excluding carboxylic acids is 4. The van der Waals surface area contributed by atoms with Crippen molar-refractivity contribution in [2.24, 2.45) is 23.7 Å². The highest BCUT2D eigenvalue weighted by atomic mass is 32.2. The second kappa shape index (κ2) is 8.40. The Bertz CT molecular complexity index is 1000. The van der Waals surface area contributed by atoms with Crippen molar-refractivity contribution in [3.8, 4) is 0 Å². The zero-order chi connectivity index (χ0) is 25.1. The summed E-state index contributed by atoms with van der Waals surface area (Å²) in [5, 5.41) is -5.27. The second-order valence-electron chi connectivity index (χ2n) is 9.20. The summed E-state index contributed by atoms with van der Waals surface area (Å²) in [5.74, 6) is -7.77. The molecule has 1 N–H and O–H groups in total. The summed E-state index contributed by atoms with van der Waals surface area (Å²) in [6.45, 7) is 0.534. The van der Waals surface area contributed by atoms with Gasteiger partial charge in [-0.25, -0.2) is 9.59 Å². The van der Waals surface area contributed by atoms with Crippen LogP contribution in [-0.2, 0) is 48.2 Å². The molecule has 4 aliphatic rings. The summed E-state index contributed by atoms with van der Waals surface area (Å²) in [7, 11) is -6.10. The van der Waals surface area contributed by atoms with Gasteiger partial charge in [-0.05, 0) is 38.5 Å². The smallest absolute Gasteiger partial charge is 0.459 e. The molecule has 0 spiro atoms. The molecule has 1 saturated heterocycles. The number of rotatable bonds is 8. The number of alkyl halides is 2. The molecule has 2 bridgehead atoms. The summed E-state index contributed by atoms with van der Waals surface area (Å²) in [6.07, 6.45) is 2.31. The van der Waals surface area contributed by atoms with Crippen molar-refractivity contribution < 1.29 is 59.9 Å². The molecule has 11 nitrogen and oxygen atoms in total. The first-order valence-corrected chi connectivity index (χ1v) is 12.4. The number of fused-ring (bicyclic) bond motifs is 1. The molecule has 3 saturated carbocycles. The Kier molecular flexibility index (Phi) is 6.12. The van der Waals surface area contributed by atoms with Crippen LogP contribution in [0.4, 0.5) is 8.78 Å². The van der Waals surface area contributed by atoms with E-state index in [1.807, 2.05) is 6.92 Å². The number of hydrogen-bond acceptors (Lipinski definition) is 10. The summed E-state index contributed by atoms with van der Waals surface area (Å²) in [6, 6.07) is 0. The van der Waals surface area contributed by atoms with Crippen molar-refractivity contribution in [2.75, 3.05) is 6.61 Å². The normalized spacial score (nSPS) is 33.5. The summed E-state index contributed by atoms with van der Waals surface area (Å²) >= 11 is 0. The lowest BCUT2D eigenvalue weighted by Gasteiger charge is -2.34. The van der Waals surface area contributed by atoms with E-state index in [2.05, 4.69) is 4.74 Å². The van der Waals surface area contributed by atoms with E-state index in [0.29, 0.717) is 25.7 Å². The molecule has 0 aromatic rings. The topological polar surface area (TPSA) is 160 Å². The Hall–Kier alpha value is -2.35. The van der Waals surface area contributed by atoms with Crippen LogP contribution in [0, 0.1) is 23.7 Å². The average molecular weight is 510 g/mol. The first kappa shape index (κ1) is 24.8. The fourth-order valence-electron chi connectivity index (χ4n) is 5.80. The predicted octanol–water partition coefficient (Wildman–Crippen LogP) is 0.995. The van der Waals surface area contributed by atoms with Gasteiger partial charge in [0.1, 0.15) is 17.8 Å². The molecule has 34 heavy (non-hydrogen) atoms. The zero-order valence-corrected chi connectivity index (χ0v) is 18.9. The van der Waals surface area contributed by atoms with Crippen LogP contribution in [-0.4, -0.2) is 66.5 Å². The van der Waals surface area contributed by atoms with E-state index >= 15 is 0 Å². The first-order chi connectivity index (χ1) is 15.8. The van der Waals surface area contributed by atoms with Gasteiger partial charge in [0.15, 0.2) is 6.61 Å². The molecule has 4 fully saturated rings. The summed E-state index contributed by atoms with van der Waals surface area (Å²) in [4.78, 5) is 49.0. The predicted molar refractivity (Wildman–Crippen MR) is 103 cm³/mol. The third-order valence-electron chi connectivity index (χ3n) is 7.44. The molecule has 6 atom stereocenters. The fraction of sp³-hybridized carbons (Fsp3) is 0.800. The number of esters is 4. The molecule has 1 aliphatic heterocycles. The van der Waals surface area contributed by atoms with Gasteiger partial charge in [-0.3, -0.25) is 14.1 Å². The largest absolute Gasteiger partial charge is 0.465 e. The van der Waals surface area contributed by atoms with E-state index < -0.39 is 81.4 Å². The van der Waals surface area contributed by atoms with Crippen molar-refractivity contribution in [1.29, 1.82) is 0 Å². The summed E-state index contributed by atoms with van der Waals surface area (Å²) in [5.41, 5.74) is -0.598. The molecule has 190 valence electrons. The fourth-order valence-corrected chi connectivity index (χ4v) is 6.07. The van der Waals surface area contributed by atoms with Crippen LogP contribution >= 0.6 is 0 Å². The number of carbonyl (C=O) groups is 4. The third-order valence-corrected chi connectivity index (χ3v) is 8.26. The minimum absolute atomic E-state index is 0.346. The van der Waals surface area contributed by atoms with Gasteiger partial charge >= 0.3 is 39.2 Å². The van der Waals surface area contributed by atoms with E-state index in [1.54, 1.807) is 0 Å². The number of ether oxygens (including phenoxy) is 4. The maximum atomic E-state index is 13.3. The number of halogens is 2. The maximum Gasteiger partial charge on any atom is 0.465 e. The maximum absolute atomic E-state index is 13.3. The van der Waals surface area contributed by atoms with Crippen molar-refractivity contribution in [3.05, 3.63) is 0 Å². The minimum atomic E-state index is -6.10. The van der Waals surface area contributed by atoms with Crippen molar-refractivity contribution in [2.45, 2.75) is 68.5 Å². The number of hydrogen-bond donors (Lipinski definition) is 1. The molecule has 14 heteroatoms. The van der Waals surface area contributed by atoms with Crippen LogP contribution in [0.25, 0.3) is 0 Å². The van der Waals surface area contributed by atoms with Gasteiger partial charge in [-0.15, -0.1) is 0 Å². The van der Waals surface area contributed by atoms with Crippen molar-refractivity contribution in [3.63, 3.8) is 0 Å². The Morgan fingerprint density at radius 1 is 1.21 bits per heavy atom. The van der Waals surface area contributed by atoms with Gasteiger partial charge in [0, 0.05) is 11.8 Å². The molecule has 4 rings (SSSR count). The molecule has 0 radical (unpaired) electrons. The van der Waals surface area contributed by atoms with E-state index in [-0.39, 0.29) is 5.92 Å². The Labute approximate surface area is 193 Å². The highest BCUT2D eigenvalue weighted by Gasteiger charge is 2.70. The van der Waals surface area contributed by atoms with Gasteiger partial charge in [0.2, 0.25) is 0 Å². The highest BCUT2D eigenvalue weighted by Crippen LogP contribution is 2.59. The minimum Gasteiger partial charge on any atom is -0.459 e. The van der Waals surface area contributed by atoms with Crippen LogP contribution in [0.5, 0.6) is 0 Å². The lowest BCUT2D eigenvalue weighted by atomic mass is 9.78. The van der Waals surface area contributed by atoms with Gasteiger partial charge in [-0.1, -0.05) is 6.92 Å². The molecular formula is C20H24F2O11S. The standard InChI is InChI=1S/C20H24F2O11S/c1-2-19(5-3-4-6-19)33-17(25)13-10-7-9-12(13)16(24)32-15(9)14(10)31-11(23)8-30-18(26)20(21,22)34(27,28)29/h9-10,12-15H,2-8H2,1H3,(H,27,28,29). The SMILES string of the molecule is CCC1(OC(=O)C2C3CC4C(OC(=O)C42)C3OC(=O)COC(=O)C(F)(F)S(=O)(=O)O)CCCC1. The Morgan fingerprint density at radius 3 is 2.44 bits per heavy atom. The van der Waals surface area contributed by atoms with E-state index in [1.165, 1.54) is 0 Å². The van der Waals surface area contributed by atoms with Crippen LogP contribution in [0.3, 0.4) is 0 Å². The zero-order valence-electron chi connectivity index (χ0n) is 18.1. The van der Waals surface area contributed by atoms with Crippen molar-refractivity contribution >= 4 is 34.0 Å². The van der Waals surface area contributed by atoms with Crippen LogP contribution in [0.2, 0.25) is 0 Å². The van der Waals surface area contributed by atoms with Crippen LogP contribution < -0.4 is 0 Å². The second-order valence-corrected chi connectivity index (χ2v) is 10.7.